The molecule has 0 spiro atoms. The second-order valence-corrected chi connectivity index (χ2v) is 25.4. The number of nitrogens with two attached hydrogens (primary N) is 3. The Balaban J connectivity index is 0.952. The Bertz CT molecular complexity index is 4060. The molecular weight excluding hydrogens is 1260 g/mol. The number of carboxylic acid groups (broad SMARTS) is 1. The zero-order chi connectivity index (χ0) is 70.4. The Kier molecular flexibility index (Phi) is 26.3. The summed E-state index contributed by atoms with van der Waals surface area (Å²) >= 11 is 0. The van der Waals surface area contributed by atoms with E-state index in [2.05, 4.69) is 57.5 Å². The number of fused-ring (bicyclic) bond motifs is 6. The first-order chi connectivity index (χ1) is 48.0. The van der Waals surface area contributed by atoms with E-state index in [-0.39, 0.29) is 64.1 Å². The van der Waals surface area contributed by atoms with Gasteiger partial charge < -0.3 is 84.5 Å². The van der Waals surface area contributed by atoms with Gasteiger partial charge in [-0.3, -0.25) is 33.6 Å². The highest BCUT2D eigenvalue weighted by Gasteiger charge is 2.37. The van der Waals surface area contributed by atoms with Crippen LogP contribution in [0.4, 0.5) is 4.79 Å². The maximum Gasteiger partial charge on any atom is 0.407 e. The summed E-state index contributed by atoms with van der Waals surface area (Å²) in [6, 6.07) is 28.8. The van der Waals surface area contributed by atoms with Gasteiger partial charge in [-0.2, -0.15) is 0 Å². The van der Waals surface area contributed by atoms with Crippen molar-refractivity contribution in [1.82, 2.24) is 57.5 Å². The van der Waals surface area contributed by atoms with Crippen LogP contribution in [0, 0.1) is 5.92 Å². The van der Waals surface area contributed by atoms with E-state index in [1.807, 2.05) is 121 Å². The van der Waals surface area contributed by atoms with Gasteiger partial charge in [0.2, 0.25) is 41.4 Å². The van der Waals surface area contributed by atoms with Crippen molar-refractivity contribution in [3.63, 3.8) is 0 Å². The van der Waals surface area contributed by atoms with Crippen LogP contribution >= 0.6 is 0 Å². The monoisotopic (exact) mass is 1350 g/mol. The predicted molar refractivity (Wildman–Crippen MR) is 378 cm³/mol. The zero-order valence-corrected chi connectivity index (χ0v) is 56.0. The molecule has 25 nitrogen and oxygen atoms in total. The average Bonchev–Trinajstić information content (AvgIpc) is 1.62. The molecule has 0 saturated heterocycles. The number of carbonyl (C=O) groups is 9. The lowest BCUT2D eigenvalue weighted by Gasteiger charge is -2.28. The molecule has 8 amide bonds. The molecule has 3 aromatic heterocycles. The number of carbonyl (C=O) groups excluding carboxylic acids is 8. The number of unbranched alkanes of at least 4 members (excludes halogenated alkanes) is 3. The molecule has 1 aliphatic carbocycles. The van der Waals surface area contributed by atoms with E-state index >= 15 is 14.4 Å². The Labute approximate surface area is 574 Å². The van der Waals surface area contributed by atoms with Crippen LogP contribution in [0.1, 0.15) is 112 Å². The van der Waals surface area contributed by atoms with E-state index in [9.17, 15) is 33.9 Å². The molecule has 25 heteroatoms. The normalized spacial score (nSPS) is 14.3. The van der Waals surface area contributed by atoms with Gasteiger partial charge in [-0.05, 0) is 140 Å². The van der Waals surface area contributed by atoms with Gasteiger partial charge in [0.1, 0.15) is 55.4 Å². The molecular formula is C74H92N14O11. The number of amides is 8. The average molecular weight is 1350 g/mol. The second-order valence-electron chi connectivity index (χ2n) is 25.4. The highest BCUT2D eigenvalue weighted by molar-refractivity contribution is 5.99. The van der Waals surface area contributed by atoms with Crippen LogP contribution in [-0.2, 0) is 62.4 Å². The lowest BCUT2D eigenvalue weighted by molar-refractivity contribution is -0.144. The molecule has 0 radical (unpaired) electrons. The van der Waals surface area contributed by atoms with Crippen molar-refractivity contribution in [3.8, 4) is 11.1 Å². The lowest BCUT2D eigenvalue weighted by Crippen LogP contribution is -2.60. The minimum absolute atomic E-state index is 0.00128. The molecule has 5 aromatic carbocycles. The third-order valence-corrected chi connectivity index (χ3v) is 18.5. The topological polar surface area (TPSA) is 405 Å². The Morgan fingerprint density at radius 3 is 1.18 bits per heavy atom. The van der Waals surface area contributed by atoms with E-state index in [0.717, 1.165) is 55.0 Å². The number of nitrogens with one attached hydrogen (secondary N) is 11. The van der Waals surface area contributed by atoms with Gasteiger partial charge in [0.25, 0.3) is 0 Å². The van der Waals surface area contributed by atoms with Gasteiger partial charge >= 0.3 is 12.1 Å². The van der Waals surface area contributed by atoms with Gasteiger partial charge in [0.15, 0.2) is 0 Å². The number of carboxylic acids is 1. The van der Waals surface area contributed by atoms with Crippen LogP contribution in [-0.4, -0.2) is 149 Å². The number of aliphatic carboxylic acids is 1. The number of hydrogen-bond donors (Lipinski definition) is 15. The van der Waals surface area contributed by atoms with E-state index < -0.39 is 108 Å². The quantitative estimate of drug-likeness (QED) is 0.0209. The molecule has 9 rings (SSSR count). The molecule has 1 aliphatic rings. The standard InChI is InChI=1S/C74H92N14O11/c1-3-44(2)66(73(96)97)88-69(92)61(32-16-19-35-77)85-71(94)63(37-46-40-79-57-28-12-9-21-49(46)57)86-68(91)60(31-15-18-34-76)83-67(90)59(30-14-17-33-75)84-72(95)64(38-47-41-80-58-29-13-10-22-50(47)58)87-70(93)62(36-45-39-78-56-27-11-8-20-48(45)56)82-65(89)42-81-74(98)99-43-55-53-25-6-4-23-51(53)52-24-5-7-26-54(52)55/h4-13,20-29,39-41,44,55,59-64,66,78-80H,3,14-19,30-38,42-43,75-77H2,1-2H3,(H,81,98)(H,82,89)(H,83,90)(H,84,95)(H,85,94)(H,86,91)(H,87,93)(H,88,92)(H,96,97)/t44-,59-,60-,61-,62-,63-,64-,66-/m0/s1. The number of hydrogen-bond acceptors (Lipinski definition) is 13. The number of H-pyrrole nitrogens is 3. The third-order valence-electron chi connectivity index (χ3n) is 18.5. The van der Waals surface area contributed by atoms with Crippen molar-refractivity contribution in [2.75, 3.05) is 32.8 Å². The molecule has 0 aliphatic heterocycles. The summed E-state index contributed by atoms with van der Waals surface area (Å²) in [6.07, 6.45) is 7.19. The summed E-state index contributed by atoms with van der Waals surface area (Å²) in [7, 11) is 0. The first-order valence-corrected chi connectivity index (χ1v) is 34.2. The maximum absolute atomic E-state index is 15.3. The van der Waals surface area contributed by atoms with Gasteiger partial charge in [-0.1, -0.05) is 123 Å². The first-order valence-electron chi connectivity index (χ1n) is 34.2. The molecule has 0 bridgehead atoms. The summed E-state index contributed by atoms with van der Waals surface area (Å²) in [5, 5.41) is 34.7. The van der Waals surface area contributed by atoms with E-state index in [1.54, 1.807) is 32.4 Å². The van der Waals surface area contributed by atoms with Crippen LogP contribution in [0.25, 0.3) is 43.8 Å². The third kappa shape index (κ3) is 19.3. The summed E-state index contributed by atoms with van der Waals surface area (Å²) in [5.41, 5.74) is 26.1. The highest BCUT2D eigenvalue weighted by atomic mass is 16.5. The number of para-hydroxylation sites is 3. The van der Waals surface area contributed by atoms with Crippen molar-refractivity contribution in [2.45, 2.75) is 146 Å². The number of benzene rings is 5. The fraction of sp³-hybridized carbons (Fsp3) is 0.392. The maximum atomic E-state index is 15.3. The Morgan fingerprint density at radius 1 is 0.455 bits per heavy atom. The van der Waals surface area contributed by atoms with Gasteiger partial charge in [0.05, 0.1) is 0 Å². The van der Waals surface area contributed by atoms with Gasteiger partial charge in [0, 0.05) is 76.5 Å². The first kappa shape index (κ1) is 72.9. The van der Waals surface area contributed by atoms with E-state index in [4.69, 9.17) is 21.9 Å². The molecule has 8 atom stereocenters. The molecule has 18 N–H and O–H groups in total. The van der Waals surface area contributed by atoms with Crippen molar-refractivity contribution in [3.05, 3.63) is 168 Å². The molecule has 524 valence electrons. The van der Waals surface area contributed by atoms with Crippen LogP contribution < -0.4 is 59.7 Å². The summed E-state index contributed by atoms with van der Waals surface area (Å²) in [4.78, 5) is 139. The van der Waals surface area contributed by atoms with Crippen molar-refractivity contribution in [2.24, 2.45) is 23.1 Å². The Hall–Kier alpha value is -10.4. The fourth-order valence-corrected chi connectivity index (χ4v) is 12.8. The molecule has 0 fully saturated rings. The minimum atomic E-state index is -1.40. The Morgan fingerprint density at radius 2 is 0.798 bits per heavy atom. The highest BCUT2D eigenvalue weighted by Crippen LogP contribution is 2.44. The summed E-state index contributed by atoms with van der Waals surface area (Å²) in [5.74, 6) is -7.20. The lowest BCUT2D eigenvalue weighted by atomic mass is 9.98. The molecule has 8 aromatic rings. The second kappa shape index (κ2) is 35.8. The van der Waals surface area contributed by atoms with E-state index in [0.29, 0.717) is 68.2 Å². The molecule has 99 heavy (non-hydrogen) atoms. The van der Waals surface area contributed by atoms with Crippen molar-refractivity contribution in [1.29, 1.82) is 0 Å². The zero-order valence-electron chi connectivity index (χ0n) is 56.0. The summed E-state index contributed by atoms with van der Waals surface area (Å²) in [6.45, 7) is 3.74. The van der Waals surface area contributed by atoms with Crippen molar-refractivity contribution < 1.29 is 53.0 Å². The van der Waals surface area contributed by atoms with Gasteiger partial charge in [-0.15, -0.1) is 0 Å². The smallest absolute Gasteiger partial charge is 0.407 e. The number of alkyl carbamates (subject to hydrolysis) is 1. The largest absolute Gasteiger partial charge is 0.480 e. The molecule has 0 unspecified atom stereocenters. The predicted octanol–water partition coefficient (Wildman–Crippen LogP) is 5.61. The van der Waals surface area contributed by atoms with Crippen LogP contribution in [0.2, 0.25) is 0 Å². The number of rotatable bonds is 38. The van der Waals surface area contributed by atoms with Crippen LogP contribution in [0.15, 0.2) is 140 Å². The van der Waals surface area contributed by atoms with Crippen LogP contribution in [0.3, 0.4) is 0 Å². The summed E-state index contributed by atoms with van der Waals surface area (Å²) < 4.78 is 5.71. The fourth-order valence-electron chi connectivity index (χ4n) is 12.8. The van der Waals surface area contributed by atoms with Gasteiger partial charge in [-0.25, -0.2) is 9.59 Å². The number of aromatic nitrogens is 3. The van der Waals surface area contributed by atoms with Crippen LogP contribution in [0.5, 0.6) is 0 Å². The number of aromatic amines is 3. The SMILES string of the molecule is CC[C@H](C)[C@H](NC(=O)[C@H](CCCCN)NC(=O)[C@H](Cc1c[nH]c2ccccc12)NC(=O)[C@H](CCCCN)NC(=O)[C@H](CCCCN)NC(=O)[C@H](Cc1c[nH]c2ccccc12)NC(=O)[C@H](Cc1c[nH]c2ccccc12)NC(=O)CNC(=O)OCC1c2ccccc2-c2ccccc21)C(=O)O. The van der Waals surface area contributed by atoms with E-state index in [1.165, 1.54) is 0 Å². The minimum Gasteiger partial charge on any atom is -0.480 e. The molecule has 0 saturated carbocycles. The number of ether oxygens (including phenoxy) is 1. The molecule has 3 heterocycles. The van der Waals surface area contributed by atoms with Crippen molar-refractivity contribution >= 4 is 86.1 Å².